The fourth-order valence-electron chi connectivity index (χ4n) is 3.78. The van der Waals surface area contributed by atoms with E-state index in [1.165, 1.54) is 19.3 Å². The summed E-state index contributed by atoms with van der Waals surface area (Å²) in [5.41, 5.74) is -0.0475. The van der Waals surface area contributed by atoms with Crippen LogP contribution in [0.1, 0.15) is 53.9 Å². The Morgan fingerprint density at radius 1 is 0.955 bits per heavy atom. The molecule has 0 saturated heterocycles. The number of hydrogen-bond acceptors (Lipinski definition) is 3. The first-order chi connectivity index (χ1) is 10.4. The van der Waals surface area contributed by atoms with Crippen LogP contribution >= 0.6 is 0 Å². The Bertz CT molecular complexity index is 295. The average molecular weight is 315 g/mol. The van der Waals surface area contributed by atoms with Gasteiger partial charge in [0.25, 0.3) is 0 Å². The summed E-state index contributed by atoms with van der Waals surface area (Å²) in [6.07, 6.45) is 4.17. The van der Waals surface area contributed by atoms with Crippen LogP contribution < -0.4 is 0 Å². The zero-order valence-electron chi connectivity index (χ0n) is 15.9. The fourth-order valence-corrected chi connectivity index (χ4v) is 3.78. The molecule has 1 fully saturated rings. The molecule has 0 bridgehead atoms. The van der Waals surface area contributed by atoms with Gasteiger partial charge in [-0.2, -0.15) is 0 Å². The summed E-state index contributed by atoms with van der Waals surface area (Å²) < 4.78 is 17.5. The molecule has 0 aliphatic heterocycles. The van der Waals surface area contributed by atoms with Crippen molar-refractivity contribution in [3.63, 3.8) is 0 Å². The minimum atomic E-state index is -0.0475. The largest absolute Gasteiger partial charge is 0.384 e. The van der Waals surface area contributed by atoms with Crippen LogP contribution in [0.15, 0.2) is 0 Å². The van der Waals surface area contributed by atoms with Gasteiger partial charge >= 0.3 is 0 Å². The van der Waals surface area contributed by atoms with Gasteiger partial charge in [0, 0.05) is 19.6 Å². The summed E-state index contributed by atoms with van der Waals surface area (Å²) in [5, 5.41) is 0. The van der Waals surface area contributed by atoms with Gasteiger partial charge in [0.15, 0.2) is 0 Å². The molecule has 3 atom stereocenters. The topological polar surface area (TPSA) is 27.7 Å². The second-order valence-electron chi connectivity index (χ2n) is 8.06. The van der Waals surface area contributed by atoms with E-state index in [1.807, 2.05) is 0 Å². The second kappa shape index (κ2) is 9.24. The first-order valence-corrected chi connectivity index (χ1v) is 8.95. The highest BCUT2D eigenvalue weighted by atomic mass is 16.5. The van der Waals surface area contributed by atoms with Gasteiger partial charge in [-0.25, -0.2) is 0 Å². The lowest BCUT2D eigenvalue weighted by atomic mass is 9.74. The standard InChI is InChI=1S/C19H38O3/c1-14(2)17-10-16(5)8-9-18(17)22-13-19(11-20-6,12-21-7)15(3)4/h14-18H,8-13H2,1-7H3. The third kappa shape index (κ3) is 5.21. The van der Waals surface area contributed by atoms with Gasteiger partial charge in [0.2, 0.25) is 0 Å². The molecule has 0 aromatic carbocycles. The Hall–Kier alpha value is -0.120. The molecule has 0 aromatic rings. The molecule has 0 heterocycles. The van der Waals surface area contributed by atoms with E-state index in [0.29, 0.717) is 37.1 Å². The molecule has 132 valence electrons. The van der Waals surface area contributed by atoms with Crippen molar-refractivity contribution in [1.82, 2.24) is 0 Å². The van der Waals surface area contributed by atoms with Gasteiger partial charge < -0.3 is 14.2 Å². The molecule has 3 unspecified atom stereocenters. The lowest BCUT2D eigenvalue weighted by molar-refractivity contribution is -0.120. The van der Waals surface area contributed by atoms with Crippen LogP contribution in [0.2, 0.25) is 0 Å². The summed E-state index contributed by atoms with van der Waals surface area (Å²) in [6, 6.07) is 0. The molecule has 0 spiro atoms. The molecule has 1 aliphatic rings. The molecular weight excluding hydrogens is 276 g/mol. The van der Waals surface area contributed by atoms with Crippen LogP contribution in [0, 0.1) is 29.1 Å². The zero-order chi connectivity index (χ0) is 16.8. The second-order valence-corrected chi connectivity index (χ2v) is 8.06. The summed E-state index contributed by atoms with van der Waals surface area (Å²) in [6.45, 7) is 13.6. The summed E-state index contributed by atoms with van der Waals surface area (Å²) >= 11 is 0. The minimum Gasteiger partial charge on any atom is -0.384 e. The Labute approximate surface area is 138 Å². The molecular formula is C19H38O3. The first kappa shape index (κ1) is 19.9. The highest BCUT2D eigenvalue weighted by molar-refractivity contribution is 4.86. The normalized spacial score (nSPS) is 26.9. The van der Waals surface area contributed by atoms with E-state index in [1.54, 1.807) is 14.2 Å². The first-order valence-electron chi connectivity index (χ1n) is 8.95. The van der Waals surface area contributed by atoms with Gasteiger partial charge in [-0.1, -0.05) is 34.6 Å². The predicted octanol–water partition coefficient (Wildman–Crippen LogP) is 4.40. The monoisotopic (exact) mass is 314 g/mol. The molecule has 0 radical (unpaired) electrons. The van der Waals surface area contributed by atoms with Crippen molar-refractivity contribution in [2.24, 2.45) is 29.1 Å². The molecule has 22 heavy (non-hydrogen) atoms. The van der Waals surface area contributed by atoms with Crippen LogP contribution in [-0.4, -0.2) is 40.1 Å². The van der Waals surface area contributed by atoms with Crippen LogP contribution in [0.3, 0.4) is 0 Å². The van der Waals surface area contributed by atoms with E-state index in [0.717, 1.165) is 12.5 Å². The maximum Gasteiger partial charge on any atom is 0.0606 e. The lowest BCUT2D eigenvalue weighted by Crippen LogP contribution is -2.44. The lowest BCUT2D eigenvalue weighted by Gasteiger charge is -2.41. The number of ether oxygens (including phenoxy) is 3. The maximum atomic E-state index is 6.48. The van der Waals surface area contributed by atoms with E-state index < -0.39 is 0 Å². The van der Waals surface area contributed by atoms with Crippen molar-refractivity contribution in [2.45, 2.75) is 60.0 Å². The SMILES string of the molecule is COCC(COC)(COC1CCC(C)CC1C(C)C)C(C)C. The van der Waals surface area contributed by atoms with E-state index in [-0.39, 0.29) is 5.41 Å². The van der Waals surface area contributed by atoms with Crippen molar-refractivity contribution in [2.75, 3.05) is 34.0 Å². The third-order valence-corrected chi connectivity index (χ3v) is 5.63. The van der Waals surface area contributed by atoms with E-state index in [2.05, 4.69) is 34.6 Å². The van der Waals surface area contributed by atoms with Crippen LogP contribution in [-0.2, 0) is 14.2 Å². The molecule has 0 aromatic heterocycles. The van der Waals surface area contributed by atoms with Crippen molar-refractivity contribution in [3.8, 4) is 0 Å². The number of hydrogen-bond donors (Lipinski definition) is 0. The van der Waals surface area contributed by atoms with E-state index in [9.17, 15) is 0 Å². The Morgan fingerprint density at radius 2 is 1.55 bits per heavy atom. The Kier molecular flexibility index (Phi) is 8.37. The molecule has 1 saturated carbocycles. The van der Waals surface area contributed by atoms with Crippen molar-refractivity contribution < 1.29 is 14.2 Å². The third-order valence-electron chi connectivity index (χ3n) is 5.63. The highest BCUT2D eigenvalue weighted by Crippen LogP contribution is 2.37. The fraction of sp³-hybridized carbons (Fsp3) is 1.00. The van der Waals surface area contributed by atoms with Crippen molar-refractivity contribution in [3.05, 3.63) is 0 Å². The minimum absolute atomic E-state index is 0.0475. The molecule has 0 amide bonds. The van der Waals surface area contributed by atoms with Gasteiger partial charge in [0.1, 0.15) is 0 Å². The Balaban J connectivity index is 2.73. The molecule has 3 nitrogen and oxygen atoms in total. The summed E-state index contributed by atoms with van der Waals surface area (Å²) in [5.74, 6) is 2.66. The molecule has 1 aliphatic carbocycles. The highest BCUT2D eigenvalue weighted by Gasteiger charge is 2.38. The smallest absolute Gasteiger partial charge is 0.0606 e. The average Bonchev–Trinajstić information content (AvgIpc) is 2.45. The number of methoxy groups -OCH3 is 2. The molecule has 1 rings (SSSR count). The van der Waals surface area contributed by atoms with Gasteiger partial charge in [0.05, 0.1) is 25.9 Å². The van der Waals surface area contributed by atoms with Gasteiger partial charge in [-0.3, -0.25) is 0 Å². The van der Waals surface area contributed by atoms with Gasteiger partial charge in [-0.05, 0) is 42.9 Å². The predicted molar refractivity (Wildman–Crippen MR) is 92.1 cm³/mol. The zero-order valence-corrected chi connectivity index (χ0v) is 15.9. The van der Waals surface area contributed by atoms with Crippen LogP contribution in [0.5, 0.6) is 0 Å². The van der Waals surface area contributed by atoms with E-state index in [4.69, 9.17) is 14.2 Å². The summed E-state index contributed by atoms with van der Waals surface area (Å²) in [7, 11) is 3.54. The van der Waals surface area contributed by atoms with Crippen molar-refractivity contribution in [1.29, 1.82) is 0 Å². The molecule has 3 heteroatoms. The van der Waals surface area contributed by atoms with Crippen LogP contribution in [0.25, 0.3) is 0 Å². The molecule has 0 N–H and O–H groups in total. The Morgan fingerprint density at radius 3 is 2.00 bits per heavy atom. The quantitative estimate of drug-likeness (QED) is 0.631. The maximum absolute atomic E-state index is 6.48. The van der Waals surface area contributed by atoms with E-state index >= 15 is 0 Å². The van der Waals surface area contributed by atoms with Gasteiger partial charge in [-0.15, -0.1) is 0 Å². The number of rotatable bonds is 9. The summed E-state index contributed by atoms with van der Waals surface area (Å²) in [4.78, 5) is 0. The van der Waals surface area contributed by atoms with Crippen molar-refractivity contribution >= 4 is 0 Å². The van der Waals surface area contributed by atoms with Crippen LogP contribution in [0.4, 0.5) is 0 Å².